The number of ketones is 1. The zero-order chi connectivity index (χ0) is 18.1. The van der Waals surface area contributed by atoms with Gasteiger partial charge < -0.3 is 19.9 Å². The zero-order valence-corrected chi connectivity index (χ0v) is 14.8. The summed E-state index contributed by atoms with van der Waals surface area (Å²) in [7, 11) is 0. The van der Waals surface area contributed by atoms with Gasteiger partial charge in [-0.25, -0.2) is 4.98 Å². The number of ether oxygens (including phenoxy) is 1. The van der Waals surface area contributed by atoms with Crippen molar-refractivity contribution >= 4 is 23.2 Å². The number of fused-ring (bicyclic) bond motifs is 1. The average molecular weight is 354 g/mol. The van der Waals surface area contributed by atoms with Gasteiger partial charge in [-0.2, -0.15) is 0 Å². The zero-order valence-electron chi connectivity index (χ0n) is 14.8. The summed E-state index contributed by atoms with van der Waals surface area (Å²) >= 11 is 0. The van der Waals surface area contributed by atoms with Gasteiger partial charge in [-0.3, -0.25) is 9.59 Å². The molecule has 1 amide bonds. The quantitative estimate of drug-likeness (QED) is 0.883. The van der Waals surface area contributed by atoms with Crippen LogP contribution in [0.15, 0.2) is 18.3 Å². The van der Waals surface area contributed by atoms with Crippen LogP contribution in [-0.2, 0) is 11.2 Å². The number of morpholine rings is 1. The van der Waals surface area contributed by atoms with E-state index >= 15 is 0 Å². The SMILES string of the molecule is Cc1c(C(=O)Nc2ccc(N3CCOCC3)nc2)[nH]c2c1C(=O)CCC2. The molecule has 2 aliphatic rings. The minimum Gasteiger partial charge on any atom is -0.378 e. The molecule has 136 valence electrons. The van der Waals surface area contributed by atoms with Gasteiger partial charge >= 0.3 is 0 Å². The number of hydrogen-bond donors (Lipinski definition) is 2. The number of rotatable bonds is 3. The Labute approximate surface area is 151 Å². The molecule has 2 aromatic rings. The summed E-state index contributed by atoms with van der Waals surface area (Å²) < 4.78 is 5.35. The summed E-state index contributed by atoms with van der Waals surface area (Å²) in [5.74, 6) is 0.754. The van der Waals surface area contributed by atoms with Crippen LogP contribution in [0.5, 0.6) is 0 Å². The van der Waals surface area contributed by atoms with Crippen molar-refractivity contribution in [3.8, 4) is 0 Å². The molecule has 7 heteroatoms. The van der Waals surface area contributed by atoms with Crippen molar-refractivity contribution in [3.63, 3.8) is 0 Å². The summed E-state index contributed by atoms with van der Waals surface area (Å²) in [6.07, 6.45) is 3.86. The molecule has 2 N–H and O–H groups in total. The summed E-state index contributed by atoms with van der Waals surface area (Å²) in [6, 6.07) is 3.75. The number of carbonyl (C=O) groups excluding carboxylic acids is 2. The number of carbonyl (C=O) groups is 2. The smallest absolute Gasteiger partial charge is 0.272 e. The molecule has 7 nitrogen and oxygen atoms in total. The van der Waals surface area contributed by atoms with Crippen molar-refractivity contribution in [1.29, 1.82) is 0 Å². The maximum absolute atomic E-state index is 12.6. The normalized spacial score (nSPS) is 17.1. The van der Waals surface area contributed by atoms with E-state index in [1.807, 2.05) is 19.1 Å². The number of amides is 1. The molecule has 1 fully saturated rings. The van der Waals surface area contributed by atoms with Gasteiger partial charge in [-0.15, -0.1) is 0 Å². The lowest BCUT2D eigenvalue weighted by atomic mass is 9.94. The van der Waals surface area contributed by atoms with Crippen molar-refractivity contribution in [2.75, 3.05) is 36.5 Å². The number of aryl methyl sites for hydroxylation is 1. The second-order valence-electron chi connectivity index (χ2n) is 6.71. The van der Waals surface area contributed by atoms with Crippen LogP contribution in [0, 0.1) is 6.92 Å². The molecular weight excluding hydrogens is 332 g/mol. The average Bonchev–Trinajstić information content (AvgIpc) is 3.01. The highest BCUT2D eigenvalue weighted by Crippen LogP contribution is 2.27. The molecule has 26 heavy (non-hydrogen) atoms. The maximum atomic E-state index is 12.6. The third kappa shape index (κ3) is 3.10. The number of pyridine rings is 1. The van der Waals surface area contributed by atoms with Crippen LogP contribution in [0.3, 0.4) is 0 Å². The number of H-pyrrole nitrogens is 1. The fraction of sp³-hybridized carbons (Fsp3) is 0.421. The number of anilines is 2. The summed E-state index contributed by atoms with van der Waals surface area (Å²) in [5.41, 5.74) is 3.40. The predicted octanol–water partition coefficient (Wildman–Crippen LogP) is 2.33. The standard InChI is InChI=1S/C19H22N4O3/c1-12-17-14(3-2-4-15(17)24)22-18(12)19(25)21-13-5-6-16(20-11-13)23-7-9-26-10-8-23/h5-6,11,22H,2-4,7-10H2,1H3,(H,21,25). The molecule has 1 aliphatic heterocycles. The van der Waals surface area contributed by atoms with Crippen LogP contribution in [-0.4, -0.2) is 48.0 Å². The van der Waals surface area contributed by atoms with E-state index in [2.05, 4.69) is 20.2 Å². The molecule has 0 unspecified atom stereocenters. The highest BCUT2D eigenvalue weighted by atomic mass is 16.5. The molecule has 4 rings (SSSR count). The van der Waals surface area contributed by atoms with Crippen molar-refractivity contribution < 1.29 is 14.3 Å². The summed E-state index contributed by atoms with van der Waals surface area (Å²) in [5, 5.41) is 2.87. The van der Waals surface area contributed by atoms with Gasteiger partial charge in [0.25, 0.3) is 5.91 Å². The molecule has 1 saturated heterocycles. The third-order valence-electron chi connectivity index (χ3n) is 5.00. The molecular formula is C19H22N4O3. The van der Waals surface area contributed by atoms with Gasteiger partial charge in [0.1, 0.15) is 11.5 Å². The van der Waals surface area contributed by atoms with Crippen LogP contribution < -0.4 is 10.2 Å². The lowest BCUT2D eigenvalue weighted by Gasteiger charge is -2.27. The molecule has 3 heterocycles. The maximum Gasteiger partial charge on any atom is 0.272 e. The van der Waals surface area contributed by atoms with Gasteiger partial charge in [0.15, 0.2) is 5.78 Å². The van der Waals surface area contributed by atoms with Crippen molar-refractivity contribution in [3.05, 3.63) is 40.8 Å². The van der Waals surface area contributed by atoms with E-state index in [0.717, 1.165) is 43.0 Å². The van der Waals surface area contributed by atoms with Crippen LogP contribution in [0.1, 0.15) is 44.9 Å². The Morgan fingerprint density at radius 2 is 2.08 bits per heavy atom. The largest absolute Gasteiger partial charge is 0.378 e. The number of nitrogens with one attached hydrogen (secondary N) is 2. The lowest BCUT2D eigenvalue weighted by molar-refractivity contribution is 0.0971. The second kappa shape index (κ2) is 6.92. The molecule has 0 radical (unpaired) electrons. The van der Waals surface area contributed by atoms with E-state index in [0.29, 0.717) is 36.6 Å². The van der Waals surface area contributed by atoms with E-state index in [-0.39, 0.29) is 11.7 Å². The fourth-order valence-corrected chi connectivity index (χ4v) is 3.63. The Balaban J connectivity index is 1.49. The topological polar surface area (TPSA) is 87.3 Å². The highest BCUT2D eigenvalue weighted by Gasteiger charge is 2.26. The number of Topliss-reactive ketones (excluding diaryl/α,β-unsaturated/α-hetero) is 1. The first kappa shape index (κ1) is 16.8. The minimum atomic E-state index is -0.245. The molecule has 2 aromatic heterocycles. The summed E-state index contributed by atoms with van der Waals surface area (Å²) in [6.45, 7) is 4.87. The first-order chi connectivity index (χ1) is 12.6. The van der Waals surface area contributed by atoms with Gasteiger partial charge in [-0.05, 0) is 37.5 Å². The first-order valence-electron chi connectivity index (χ1n) is 8.98. The Morgan fingerprint density at radius 3 is 2.77 bits per heavy atom. The number of aromatic nitrogens is 2. The van der Waals surface area contributed by atoms with Crippen molar-refractivity contribution in [1.82, 2.24) is 9.97 Å². The van der Waals surface area contributed by atoms with E-state index < -0.39 is 0 Å². The molecule has 1 aliphatic carbocycles. The summed E-state index contributed by atoms with van der Waals surface area (Å²) in [4.78, 5) is 34.5. The van der Waals surface area contributed by atoms with Gasteiger partial charge in [-0.1, -0.05) is 0 Å². The van der Waals surface area contributed by atoms with E-state index in [4.69, 9.17) is 4.74 Å². The first-order valence-corrected chi connectivity index (χ1v) is 8.98. The van der Waals surface area contributed by atoms with Crippen molar-refractivity contribution in [2.45, 2.75) is 26.2 Å². The van der Waals surface area contributed by atoms with Gasteiger partial charge in [0.2, 0.25) is 0 Å². The van der Waals surface area contributed by atoms with E-state index in [1.54, 1.807) is 6.20 Å². The highest BCUT2D eigenvalue weighted by molar-refractivity contribution is 6.08. The Kier molecular flexibility index (Phi) is 4.46. The van der Waals surface area contributed by atoms with E-state index in [1.165, 1.54) is 0 Å². The molecule has 0 saturated carbocycles. The Bertz CT molecular complexity index is 835. The Hall–Kier alpha value is -2.67. The number of aromatic amines is 1. The predicted molar refractivity (Wildman–Crippen MR) is 98.0 cm³/mol. The number of hydrogen-bond acceptors (Lipinski definition) is 5. The fourth-order valence-electron chi connectivity index (χ4n) is 3.63. The van der Waals surface area contributed by atoms with Crippen LogP contribution in [0.25, 0.3) is 0 Å². The Morgan fingerprint density at radius 1 is 1.27 bits per heavy atom. The molecule has 0 atom stereocenters. The van der Waals surface area contributed by atoms with Crippen molar-refractivity contribution in [2.24, 2.45) is 0 Å². The van der Waals surface area contributed by atoms with Crippen LogP contribution in [0.2, 0.25) is 0 Å². The molecule has 0 aromatic carbocycles. The minimum absolute atomic E-state index is 0.121. The van der Waals surface area contributed by atoms with Gasteiger partial charge in [0.05, 0.1) is 25.1 Å². The molecule has 0 spiro atoms. The van der Waals surface area contributed by atoms with Gasteiger partial charge in [0, 0.05) is 30.8 Å². The monoisotopic (exact) mass is 354 g/mol. The van der Waals surface area contributed by atoms with E-state index in [9.17, 15) is 9.59 Å². The second-order valence-corrected chi connectivity index (χ2v) is 6.71. The lowest BCUT2D eigenvalue weighted by Crippen LogP contribution is -2.36. The van der Waals surface area contributed by atoms with Crippen LogP contribution >= 0.6 is 0 Å². The third-order valence-corrected chi connectivity index (χ3v) is 5.00. The number of nitrogens with zero attached hydrogens (tertiary/aromatic N) is 2. The molecule has 0 bridgehead atoms. The van der Waals surface area contributed by atoms with Crippen LogP contribution in [0.4, 0.5) is 11.5 Å².